The minimum Gasteiger partial charge on any atom is -0.464 e. The number of hydrogen-bond donors (Lipinski definition) is 1. The molecule has 0 fully saturated rings. The molecule has 20 heavy (non-hydrogen) atoms. The number of hydrogen-bond acceptors (Lipinski definition) is 5. The fourth-order valence-electron chi connectivity index (χ4n) is 1.47. The highest BCUT2D eigenvalue weighted by atomic mass is 19.1. The lowest BCUT2D eigenvalue weighted by Crippen LogP contribution is -2.19. The zero-order valence-corrected chi connectivity index (χ0v) is 10.5. The summed E-state index contributed by atoms with van der Waals surface area (Å²) < 4.78 is 19.0. The molecule has 2 aromatic rings. The Hall–Kier alpha value is -2.77. The van der Waals surface area contributed by atoms with E-state index in [0.717, 1.165) is 4.68 Å². The highest BCUT2D eigenvalue weighted by molar-refractivity contribution is 5.91. The number of nitrogens with zero attached hydrogens (tertiary/aromatic N) is 3. The average molecular weight is 278 g/mol. The van der Waals surface area contributed by atoms with Crippen molar-refractivity contribution in [2.75, 3.05) is 12.4 Å². The maximum absolute atomic E-state index is 13.3. The summed E-state index contributed by atoms with van der Waals surface area (Å²) in [5.74, 6) is -1.67. The van der Waals surface area contributed by atoms with Gasteiger partial charge in [0.2, 0.25) is 5.91 Å². The second-order valence-corrected chi connectivity index (χ2v) is 3.82. The number of methoxy groups -OCH3 is 1. The minimum absolute atomic E-state index is 0.00816. The van der Waals surface area contributed by atoms with Gasteiger partial charge in [-0.05, 0) is 12.1 Å². The lowest BCUT2D eigenvalue weighted by Gasteiger charge is -2.05. The number of halogens is 1. The first-order valence-electron chi connectivity index (χ1n) is 5.63. The van der Waals surface area contributed by atoms with Crippen LogP contribution in [0, 0.1) is 5.82 Å². The molecule has 0 aliphatic rings. The molecule has 0 atom stereocenters. The van der Waals surface area contributed by atoms with Crippen molar-refractivity contribution in [2.24, 2.45) is 0 Å². The average Bonchev–Trinajstić information content (AvgIpc) is 2.89. The van der Waals surface area contributed by atoms with E-state index in [1.807, 2.05) is 0 Å². The molecule has 104 valence electrons. The SMILES string of the molecule is COC(=O)c1cn(CC(=O)Nc2ccccc2F)nn1. The van der Waals surface area contributed by atoms with Crippen LogP contribution in [-0.2, 0) is 16.1 Å². The third kappa shape index (κ3) is 3.16. The predicted molar refractivity (Wildman–Crippen MR) is 66.4 cm³/mol. The summed E-state index contributed by atoms with van der Waals surface area (Å²) in [6.07, 6.45) is 1.27. The number of carbonyl (C=O) groups is 2. The van der Waals surface area contributed by atoms with Crippen LogP contribution in [0.2, 0.25) is 0 Å². The van der Waals surface area contributed by atoms with Crippen LogP contribution < -0.4 is 5.32 Å². The molecule has 0 radical (unpaired) electrons. The van der Waals surface area contributed by atoms with Gasteiger partial charge in [0, 0.05) is 0 Å². The fraction of sp³-hybridized carbons (Fsp3) is 0.167. The first-order valence-corrected chi connectivity index (χ1v) is 5.63. The lowest BCUT2D eigenvalue weighted by atomic mass is 10.3. The van der Waals surface area contributed by atoms with E-state index >= 15 is 0 Å². The van der Waals surface area contributed by atoms with Crippen molar-refractivity contribution in [2.45, 2.75) is 6.54 Å². The molecule has 1 aromatic carbocycles. The third-order valence-corrected chi connectivity index (χ3v) is 2.39. The van der Waals surface area contributed by atoms with Gasteiger partial charge in [0.1, 0.15) is 12.4 Å². The minimum atomic E-state index is -0.647. The molecule has 8 heteroatoms. The summed E-state index contributed by atoms with van der Waals surface area (Å²) in [5.41, 5.74) is 0.0667. The van der Waals surface area contributed by atoms with Crippen LogP contribution in [0.5, 0.6) is 0 Å². The van der Waals surface area contributed by atoms with E-state index in [0.29, 0.717) is 0 Å². The Bertz CT molecular complexity index is 641. The second kappa shape index (κ2) is 5.91. The zero-order valence-electron chi connectivity index (χ0n) is 10.5. The molecule has 0 spiro atoms. The number of anilines is 1. The molecule has 0 aliphatic heterocycles. The summed E-state index contributed by atoms with van der Waals surface area (Å²) >= 11 is 0. The zero-order chi connectivity index (χ0) is 14.5. The van der Waals surface area contributed by atoms with Crippen LogP contribution >= 0.6 is 0 Å². The standard InChI is InChI=1S/C12H11FN4O3/c1-20-12(19)10-6-17(16-15-10)7-11(18)14-9-5-3-2-4-8(9)13/h2-6H,7H2,1H3,(H,14,18). The van der Waals surface area contributed by atoms with Gasteiger partial charge < -0.3 is 10.1 Å². The Morgan fingerprint density at radius 1 is 1.40 bits per heavy atom. The number of carbonyl (C=O) groups excluding carboxylic acids is 2. The molecule has 1 N–H and O–H groups in total. The number of ether oxygens (including phenoxy) is 1. The van der Waals surface area contributed by atoms with Crippen molar-refractivity contribution < 1.29 is 18.7 Å². The summed E-state index contributed by atoms with van der Waals surface area (Å²) in [6.45, 7) is -0.196. The van der Waals surface area contributed by atoms with Crippen molar-refractivity contribution >= 4 is 17.6 Å². The topological polar surface area (TPSA) is 86.1 Å². The Balaban J connectivity index is 2.00. The van der Waals surface area contributed by atoms with E-state index in [2.05, 4.69) is 20.4 Å². The van der Waals surface area contributed by atoms with Crippen LogP contribution in [0.25, 0.3) is 0 Å². The highest BCUT2D eigenvalue weighted by Gasteiger charge is 2.13. The summed E-state index contributed by atoms with van der Waals surface area (Å²) in [7, 11) is 1.21. The number of aromatic nitrogens is 3. The van der Waals surface area contributed by atoms with Crippen LogP contribution in [0.3, 0.4) is 0 Å². The smallest absolute Gasteiger partial charge is 0.360 e. The van der Waals surface area contributed by atoms with E-state index in [1.165, 1.54) is 31.5 Å². The quantitative estimate of drug-likeness (QED) is 0.838. The van der Waals surface area contributed by atoms with E-state index in [9.17, 15) is 14.0 Å². The Labute approximate surface area is 113 Å². The van der Waals surface area contributed by atoms with Crippen LogP contribution in [-0.4, -0.2) is 34.0 Å². The molecule has 0 unspecified atom stereocenters. The van der Waals surface area contributed by atoms with Crippen molar-refractivity contribution in [1.82, 2.24) is 15.0 Å². The van der Waals surface area contributed by atoms with Gasteiger partial charge in [-0.15, -0.1) is 5.10 Å². The highest BCUT2D eigenvalue weighted by Crippen LogP contribution is 2.12. The van der Waals surface area contributed by atoms with Gasteiger partial charge in [-0.3, -0.25) is 4.79 Å². The predicted octanol–water partition coefficient (Wildman–Crippen LogP) is 0.843. The normalized spacial score (nSPS) is 10.1. The first-order chi connectivity index (χ1) is 9.60. The van der Waals surface area contributed by atoms with Gasteiger partial charge in [0.05, 0.1) is 19.0 Å². The van der Waals surface area contributed by atoms with E-state index in [1.54, 1.807) is 6.07 Å². The lowest BCUT2D eigenvalue weighted by molar-refractivity contribution is -0.117. The van der Waals surface area contributed by atoms with E-state index in [-0.39, 0.29) is 17.9 Å². The maximum atomic E-state index is 13.3. The molecule has 1 aromatic heterocycles. The summed E-state index contributed by atoms with van der Waals surface area (Å²) in [6, 6.07) is 5.80. The molecule has 0 bridgehead atoms. The number of esters is 1. The number of para-hydroxylation sites is 1. The summed E-state index contributed by atoms with van der Waals surface area (Å²) in [4.78, 5) is 22.9. The molecular weight excluding hydrogens is 267 g/mol. The maximum Gasteiger partial charge on any atom is 0.360 e. The van der Waals surface area contributed by atoms with Crippen LogP contribution in [0.1, 0.15) is 10.5 Å². The van der Waals surface area contributed by atoms with Crippen molar-refractivity contribution in [3.8, 4) is 0 Å². The van der Waals surface area contributed by atoms with Crippen LogP contribution in [0.15, 0.2) is 30.5 Å². The largest absolute Gasteiger partial charge is 0.464 e. The Morgan fingerprint density at radius 3 is 2.85 bits per heavy atom. The van der Waals surface area contributed by atoms with E-state index in [4.69, 9.17) is 0 Å². The monoisotopic (exact) mass is 278 g/mol. The van der Waals surface area contributed by atoms with Gasteiger partial charge in [-0.25, -0.2) is 13.9 Å². The van der Waals surface area contributed by atoms with Gasteiger partial charge in [0.15, 0.2) is 5.69 Å². The third-order valence-electron chi connectivity index (χ3n) is 2.39. The van der Waals surface area contributed by atoms with Gasteiger partial charge in [-0.2, -0.15) is 0 Å². The Kier molecular flexibility index (Phi) is 4.04. The second-order valence-electron chi connectivity index (χ2n) is 3.82. The first kappa shape index (κ1) is 13.7. The van der Waals surface area contributed by atoms with E-state index < -0.39 is 17.7 Å². The Morgan fingerprint density at radius 2 is 2.15 bits per heavy atom. The molecule has 2 rings (SSSR count). The van der Waals surface area contributed by atoms with Gasteiger partial charge in [0.25, 0.3) is 0 Å². The van der Waals surface area contributed by atoms with Gasteiger partial charge in [-0.1, -0.05) is 17.3 Å². The number of nitrogens with one attached hydrogen (secondary N) is 1. The van der Waals surface area contributed by atoms with Crippen molar-refractivity contribution in [3.63, 3.8) is 0 Å². The van der Waals surface area contributed by atoms with Crippen molar-refractivity contribution in [1.29, 1.82) is 0 Å². The molecular formula is C12H11FN4O3. The molecule has 0 saturated carbocycles. The van der Waals surface area contributed by atoms with Gasteiger partial charge >= 0.3 is 5.97 Å². The number of rotatable bonds is 4. The number of amides is 1. The van der Waals surface area contributed by atoms with Crippen LogP contribution in [0.4, 0.5) is 10.1 Å². The molecule has 0 aliphatic carbocycles. The fourth-order valence-corrected chi connectivity index (χ4v) is 1.47. The summed E-state index contributed by atoms with van der Waals surface area (Å²) in [5, 5.41) is 9.54. The number of benzene rings is 1. The molecule has 1 heterocycles. The van der Waals surface area contributed by atoms with Crippen molar-refractivity contribution in [3.05, 3.63) is 42.0 Å². The molecule has 7 nitrogen and oxygen atoms in total. The molecule has 0 saturated heterocycles. The molecule has 1 amide bonds.